The second kappa shape index (κ2) is 4.43. The number of hydrogen-bond acceptors (Lipinski definition) is 5. The molecule has 0 spiro atoms. The topological polar surface area (TPSA) is 63.9 Å². The summed E-state index contributed by atoms with van der Waals surface area (Å²) in [6.45, 7) is 3.39. The number of rotatable bonds is 1. The van der Waals surface area contributed by atoms with Crippen LogP contribution >= 0.6 is 27.3 Å². The Balaban J connectivity index is 1.98. The number of anilines is 1. The van der Waals surface area contributed by atoms with Crippen LogP contribution in [0.25, 0.3) is 0 Å². The molecule has 0 aromatic carbocycles. The fraction of sp³-hybridized carbons (Fsp3) is 0.400. The van der Waals surface area contributed by atoms with E-state index >= 15 is 0 Å². The minimum Gasteiger partial charge on any atom is -0.275 e. The van der Waals surface area contributed by atoms with E-state index in [0.717, 1.165) is 21.6 Å². The largest absolute Gasteiger partial charge is 0.275 e. The number of halogens is 1. The summed E-state index contributed by atoms with van der Waals surface area (Å²) in [6.07, 6.45) is 0.866. The Bertz CT molecular complexity index is 607. The monoisotopic (exact) mass is 327 g/mol. The zero-order valence-corrected chi connectivity index (χ0v) is 12.0. The zero-order chi connectivity index (χ0) is 12.7. The maximum absolute atomic E-state index is 12.5. The molecule has 2 aromatic rings. The third-order valence-corrected chi connectivity index (χ3v) is 4.54. The van der Waals surface area contributed by atoms with Crippen LogP contribution < -0.4 is 4.90 Å². The Morgan fingerprint density at radius 2 is 2.33 bits per heavy atom. The van der Waals surface area contributed by atoms with E-state index in [4.69, 9.17) is 0 Å². The number of carbonyl (C=O) groups excluding carboxylic acids is 1. The SMILES string of the molecule is Cc1cc(C(=O)N2CCCn3nnnc32)c(Br)s1. The molecule has 1 amide bonds. The number of fused-ring (bicyclic) bond motifs is 1. The van der Waals surface area contributed by atoms with Crippen LogP contribution in [0.4, 0.5) is 5.95 Å². The number of carbonyl (C=O) groups is 1. The molecule has 94 valence electrons. The first kappa shape index (κ1) is 11.8. The second-order valence-electron chi connectivity index (χ2n) is 4.06. The van der Waals surface area contributed by atoms with Crippen molar-refractivity contribution in [1.29, 1.82) is 0 Å². The van der Waals surface area contributed by atoms with E-state index in [1.54, 1.807) is 20.9 Å². The Hall–Kier alpha value is -1.28. The molecule has 0 radical (unpaired) electrons. The van der Waals surface area contributed by atoms with E-state index in [-0.39, 0.29) is 5.91 Å². The van der Waals surface area contributed by atoms with E-state index in [9.17, 15) is 4.79 Å². The van der Waals surface area contributed by atoms with Crippen LogP contribution in [0.3, 0.4) is 0 Å². The fourth-order valence-electron chi connectivity index (χ4n) is 1.99. The average molecular weight is 328 g/mol. The maximum Gasteiger partial charge on any atom is 0.262 e. The predicted octanol–water partition coefficient (Wildman–Crippen LogP) is 1.86. The van der Waals surface area contributed by atoms with Crippen molar-refractivity contribution in [1.82, 2.24) is 20.2 Å². The van der Waals surface area contributed by atoms with Crippen LogP contribution in [0.1, 0.15) is 21.7 Å². The van der Waals surface area contributed by atoms with Gasteiger partial charge in [-0.3, -0.25) is 9.69 Å². The quantitative estimate of drug-likeness (QED) is 0.801. The van der Waals surface area contributed by atoms with E-state index in [2.05, 4.69) is 31.5 Å². The van der Waals surface area contributed by atoms with Crippen molar-refractivity contribution in [2.75, 3.05) is 11.4 Å². The van der Waals surface area contributed by atoms with Crippen LogP contribution in [0, 0.1) is 6.92 Å². The van der Waals surface area contributed by atoms with Crippen molar-refractivity contribution in [2.45, 2.75) is 19.9 Å². The molecule has 1 aliphatic rings. The summed E-state index contributed by atoms with van der Waals surface area (Å²) in [6, 6.07) is 1.89. The van der Waals surface area contributed by atoms with Gasteiger partial charge in [-0.2, -0.15) is 0 Å². The summed E-state index contributed by atoms with van der Waals surface area (Å²) in [5.74, 6) is 0.476. The zero-order valence-electron chi connectivity index (χ0n) is 9.63. The van der Waals surface area contributed by atoms with E-state index < -0.39 is 0 Å². The summed E-state index contributed by atoms with van der Waals surface area (Å²) in [7, 11) is 0. The molecule has 2 aromatic heterocycles. The van der Waals surface area contributed by atoms with Gasteiger partial charge in [0, 0.05) is 18.0 Å². The molecule has 0 bridgehead atoms. The molecule has 3 heterocycles. The molecule has 0 atom stereocenters. The Labute approximate surface area is 116 Å². The lowest BCUT2D eigenvalue weighted by Gasteiger charge is -2.24. The molecule has 1 aliphatic heterocycles. The highest BCUT2D eigenvalue weighted by Crippen LogP contribution is 2.30. The molecular weight excluding hydrogens is 318 g/mol. The summed E-state index contributed by atoms with van der Waals surface area (Å²) in [4.78, 5) is 15.2. The summed E-state index contributed by atoms with van der Waals surface area (Å²) in [5.41, 5.74) is 0.675. The average Bonchev–Trinajstić information content (AvgIpc) is 2.94. The van der Waals surface area contributed by atoms with Gasteiger partial charge in [0.1, 0.15) is 0 Å². The number of thiophene rings is 1. The molecule has 0 fully saturated rings. The predicted molar refractivity (Wildman–Crippen MR) is 70.9 cm³/mol. The first-order valence-corrected chi connectivity index (χ1v) is 7.12. The van der Waals surface area contributed by atoms with Gasteiger partial charge in [-0.05, 0) is 45.8 Å². The minimum atomic E-state index is -0.0537. The first-order valence-electron chi connectivity index (χ1n) is 5.51. The lowest BCUT2D eigenvalue weighted by atomic mass is 10.2. The summed E-state index contributed by atoms with van der Waals surface area (Å²) >= 11 is 4.98. The van der Waals surface area contributed by atoms with Gasteiger partial charge in [-0.15, -0.1) is 11.3 Å². The van der Waals surface area contributed by atoms with Crippen molar-refractivity contribution in [2.24, 2.45) is 0 Å². The summed E-state index contributed by atoms with van der Waals surface area (Å²) in [5, 5.41) is 11.4. The van der Waals surface area contributed by atoms with Crippen molar-refractivity contribution in [3.63, 3.8) is 0 Å². The minimum absolute atomic E-state index is 0.0537. The van der Waals surface area contributed by atoms with Gasteiger partial charge in [-0.1, -0.05) is 5.10 Å². The standard InChI is InChI=1S/C10H10BrN5OS/c1-6-5-7(8(11)18-6)9(17)15-3-2-4-16-10(15)12-13-14-16/h5H,2-4H2,1H3. The van der Waals surface area contributed by atoms with Crippen LogP contribution in [0.5, 0.6) is 0 Å². The second-order valence-corrected chi connectivity index (χ2v) is 6.63. The number of tetrazole rings is 1. The van der Waals surface area contributed by atoms with Gasteiger partial charge in [-0.25, -0.2) is 4.68 Å². The number of aryl methyl sites for hydroxylation is 2. The third kappa shape index (κ3) is 1.85. The maximum atomic E-state index is 12.5. The van der Waals surface area contributed by atoms with Gasteiger partial charge in [0.05, 0.1) is 9.35 Å². The molecule has 3 rings (SSSR count). The third-order valence-electron chi connectivity index (χ3n) is 2.79. The van der Waals surface area contributed by atoms with E-state index in [1.165, 1.54) is 0 Å². The number of amides is 1. The van der Waals surface area contributed by atoms with Crippen molar-refractivity contribution >= 4 is 39.1 Å². The molecule has 0 aliphatic carbocycles. The van der Waals surface area contributed by atoms with Gasteiger partial charge in [0.2, 0.25) is 0 Å². The molecule has 6 nitrogen and oxygen atoms in total. The van der Waals surface area contributed by atoms with Crippen molar-refractivity contribution < 1.29 is 4.79 Å². The van der Waals surface area contributed by atoms with Gasteiger partial charge >= 0.3 is 0 Å². The highest BCUT2D eigenvalue weighted by molar-refractivity contribution is 9.11. The van der Waals surface area contributed by atoms with Crippen molar-refractivity contribution in [3.8, 4) is 0 Å². The Morgan fingerprint density at radius 1 is 1.50 bits per heavy atom. The Morgan fingerprint density at radius 3 is 3.06 bits per heavy atom. The van der Waals surface area contributed by atoms with Gasteiger partial charge < -0.3 is 0 Å². The van der Waals surface area contributed by atoms with Crippen LogP contribution in [0.15, 0.2) is 9.85 Å². The van der Waals surface area contributed by atoms with E-state index in [0.29, 0.717) is 18.1 Å². The lowest BCUT2D eigenvalue weighted by molar-refractivity contribution is 0.0980. The molecule has 0 saturated heterocycles. The number of nitrogens with zero attached hydrogens (tertiary/aromatic N) is 5. The molecule has 0 N–H and O–H groups in total. The molecule has 0 unspecified atom stereocenters. The van der Waals surface area contributed by atoms with Gasteiger partial charge in [0.25, 0.3) is 11.9 Å². The fourth-order valence-corrected chi connectivity index (χ4v) is 3.75. The molecular formula is C10H10BrN5OS. The van der Waals surface area contributed by atoms with Gasteiger partial charge in [0.15, 0.2) is 0 Å². The van der Waals surface area contributed by atoms with E-state index in [1.807, 2.05) is 13.0 Å². The Kier molecular flexibility index (Phi) is 2.90. The molecule has 0 saturated carbocycles. The lowest BCUT2D eigenvalue weighted by Crippen LogP contribution is -2.38. The number of aromatic nitrogens is 4. The highest BCUT2D eigenvalue weighted by Gasteiger charge is 2.28. The molecule has 18 heavy (non-hydrogen) atoms. The van der Waals surface area contributed by atoms with Crippen LogP contribution in [-0.4, -0.2) is 32.7 Å². The number of hydrogen-bond donors (Lipinski definition) is 0. The summed E-state index contributed by atoms with van der Waals surface area (Å²) < 4.78 is 2.52. The first-order chi connectivity index (χ1) is 8.66. The van der Waals surface area contributed by atoms with Crippen LogP contribution in [-0.2, 0) is 6.54 Å². The highest BCUT2D eigenvalue weighted by atomic mass is 79.9. The smallest absolute Gasteiger partial charge is 0.262 e. The molecule has 8 heteroatoms. The van der Waals surface area contributed by atoms with Crippen molar-refractivity contribution in [3.05, 3.63) is 20.3 Å². The normalized spacial score (nSPS) is 14.7. The van der Waals surface area contributed by atoms with Crippen LogP contribution in [0.2, 0.25) is 0 Å².